The van der Waals surface area contributed by atoms with E-state index in [-0.39, 0.29) is 12.2 Å². The standard InChI is InChI=1S/C10H21NO3/c1-8(2)11-5-10(14-7-12)6-13-9(3)4/h7-11H,5-6H2,1-4H3. The van der Waals surface area contributed by atoms with Crippen LogP contribution in [0.15, 0.2) is 0 Å². The van der Waals surface area contributed by atoms with Crippen LogP contribution < -0.4 is 5.32 Å². The molecular formula is C10H21NO3. The van der Waals surface area contributed by atoms with E-state index in [1.54, 1.807) is 0 Å². The molecule has 1 atom stereocenters. The van der Waals surface area contributed by atoms with Gasteiger partial charge in [-0.25, -0.2) is 0 Å². The highest BCUT2D eigenvalue weighted by atomic mass is 16.6. The molecule has 1 N–H and O–H groups in total. The molecule has 0 saturated heterocycles. The SMILES string of the molecule is CC(C)NCC(COC(C)C)OC=O. The van der Waals surface area contributed by atoms with Crippen molar-refractivity contribution in [1.82, 2.24) is 5.32 Å². The maximum absolute atomic E-state index is 10.2. The molecular weight excluding hydrogens is 182 g/mol. The molecule has 0 aromatic carbocycles. The monoisotopic (exact) mass is 203 g/mol. The summed E-state index contributed by atoms with van der Waals surface area (Å²) in [5.41, 5.74) is 0. The van der Waals surface area contributed by atoms with Crippen molar-refractivity contribution in [2.24, 2.45) is 0 Å². The quantitative estimate of drug-likeness (QED) is 0.597. The molecule has 0 aliphatic carbocycles. The van der Waals surface area contributed by atoms with Crippen LogP contribution >= 0.6 is 0 Å². The Kier molecular flexibility index (Phi) is 7.42. The zero-order valence-corrected chi connectivity index (χ0v) is 9.45. The lowest BCUT2D eigenvalue weighted by atomic mass is 10.3. The first-order valence-corrected chi connectivity index (χ1v) is 5.00. The van der Waals surface area contributed by atoms with Gasteiger partial charge in [-0.15, -0.1) is 0 Å². The second kappa shape index (κ2) is 7.76. The van der Waals surface area contributed by atoms with E-state index in [1.807, 2.05) is 27.7 Å². The van der Waals surface area contributed by atoms with E-state index >= 15 is 0 Å². The largest absolute Gasteiger partial charge is 0.461 e. The van der Waals surface area contributed by atoms with Crippen molar-refractivity contribution in [2.75, 3.05) is 13.2 Å². The predicted octanol–water partition coefficient (Wildman–Crippen LogP) is 0.951. The number of hydrogen-bond donors (Lipinski definition) is 1. The number of ether oxygens (including phenoxy) is 2. The third-order valence-corrected chi connectivity index (χ3v) is 1.62. The third-order valence-electron chi connectivity index (χ3n) is 1.62. The van der Waals surface area contributed by atoms with Crippen LogP contribution in [0, 0.1) is 0 Å². The van der Waals surface area contributed by atoms with Crippen molar-refractivity contribution in [3.8, 4) is 0 Å². The van der Waals surface area contributed by atoms with E-state index < -0.39 is 0 Å². The lowest BCUT2D eigenvalue weighted by Crippen LogP contribution is -2.36. The second-order valence-corrected chi connectivity index (χ2v) is 3.80. The molecule has 0 rings (SSSR count). The molecule has 0 aromatic heterocycles. The highest BCUT2D eigenvalue weighted by Crippen LogP contribution is 1.95. The van der Waals surface area contributed by atoms with Crippen LogP contribution in [0.4, 0.5) is 0 Å². The Labute approximate surface area is 86.0 Å². The topological polar surface area (TPSA) is 47.6 Å². The Balaban J connectivity index is 3.70. The zero-order valence-electron chi connectivity index (χ0n) is 9.45. The molecule has 0 spiro atoms. The molecule has 84 valence electrons. The average Bonchev–Trinajstić information content (AvgIpc) is 2.09. The fourth-order valence-electron chi connectivity index (χ4n) is 0.892. The second-order valence-electron chi connectivity index (χ2n) is 3.80. The Hall–Kier alpha value is -0.610. The minimum Gasteiger partial charge on any atom is -0.461 e. The van der Waals surface area contributed by atoms with Gasteiger partial charge in [0.2, 0.25) is 0 Å². The van der Waals surface area contributed by atoms with Gasteiger partial charge in [0.1, 0.15) is 6.10 Å². The molecule has 0 heterocycles. The van der Waals surface area contributed by atoms with Gasteiger partial charge in [0.05, 0.1) is 12.7 Å². The van der Waals surface area contributed by atoms with E-state index in [9.17, 15) is 4.79 Å². The molecule has 0 aromatic rings. The summed E-state index contributed by atoms with van der Waals surface area (Å²) in [5, 5.41) is 3.19. The molecule has 0 aliphatic heterocycles. The summed E-state index contributed by atoms with van der Waals surface area (Å²) in [6, 6.07) is 0.381. The Bertz CT molecular complexity index is 136. The maximum Gasteiger partial charge on any atom is 0.293 e. The van der Waals surface area contributed by atoms with Crippen LogP contribution in [0.2, 0.25) is 0 Å². The van der Waals surface area contributed by atoms with Crippen molar-refractivity contribution >= 4 is 6.47 Å². The molecule has 0 radical (unpaired) electrons. The molecule has 0 bridgehead atoms. The number of carbonyl (C=O) groups excluding carboxylic acids is 1. The highest BCUT2D eigenvalue weighted by Gasteiger charge is 2.10. The van der Waals surface area contributed by atoms with Crippen LogP contribution in [-0.4, -0.2) is 37.9 Å². The molecule has 0 aliphatic rings. The van der Waals surface area contributed by atoms with Crippen LogP contribution in [0.25, 0.3) is 0 Å². The normalized spacial score (nSPS) is 13.3. The number of carbonyl (C=O) groups is 1. The molecule has 4 heteroatoms. The first kappa shape index (κ1) is 13.4. The van der Waals surface area contributed by atoms with Crippen LogP contribution in [0.5, 0.6) is 0 Å². The molecule has 0 fully saturated rings. The molecule has 14 heavy (non-hydrogen) atoms. The minimum absolute atomic E-state index is 0.159. The van der Waals surface area contributed by atoms with Crippen molar-refractivity contribution in [3.63, 3.8) is 0 Å². The van der Waals surface area contributed by atoms with Gasteiger partial charge in [-0.2, -0.15) is 0 Å². The van der Waals surface area contributed by atoms with Crippen molar-refractivity contribution in [2.45, 2.75) is 45.9 Å². The van der Waals surface area contributed by atoms with Gasteiger partial charge >= 0.3 is 0 Å². The first-order valence-electron chi connectivity index (χ1n) is 5.00. The maximum atomic E-state index is 10.2. The highest BCUT2D eigenvalue weighted by molar-refractivity contribution is 5.37. The summed E-state index contributed by atoms with van der Waals surface area (Å²) in [6.07, 6.45) is -0.0379. The van der Waals surface area contributed by atoms with Gasteiger partial charge in [0.15, 0.2) is 0 Å². The fraction of sp³-hybridized carbons (Fsp3) is 0.900. The van der Waals surface area contributed by atoms with Crippen LogP contribution in [0.3, 0.4) is 0 Å². The van der Waals surface area contributed by atoms with Crippen LogP contribution in [-0.2, 0) is 14.3 Å². The summed E-state index contributed by atoms with van der Waals surface area (Å²) in [4.78, 5) is 10.2. The van der Waals surface area contributed by atoms with Crippen molar-refractivity contribution in [3.05, 3.63) is 0 Å². The minimum atomic E-state index is -0.197. The van der Waals surface area contributed by atoms with Crippen molar-refractivity contribution in [1.29, 1.82) is 0 Å². The van der Waals surface area contributed by atoms with E-state index in [0.717, 1.165) is 0 Å². The molecule has 1 unspecified atom stereocenters. The zero-order chi connectivity index (χ0) is 11.0. The summed E-state index contributed by atoms with van der Waals surface area (Å²) in [6.45, 7) is 9.53. The van der Waals surface area contributed by atoms with Crippen molar-refractivity contribution < 1.29 is 14.3 Å². The van der Waals surface area contributed by atoms with Gasteiger partial charge in [0.25, 0.3) is 6.47 Å². The number of nitrogens with one attached hydrogen (secondary N) is 1. The number of rotatable bonds is 8. The molecule has 0 amide bonds. The van der Waals surface area contributed by atoms with Gasteiger partial charge in [0, 0.05) is 12.6 Å². The third kappa shape index (κ3) is 8.01. The van der Waals surface area contributed by atoms with Gasteiger partial charge < -0.3 is 14.8 Å². The summed E-state index contributed by atoms with van der Waals surface area (Å²) >= 11 is 0. The van der Waals surface area contributed by atoms with Gasteiger partial charge in [-0.3, -0.25) is 4.79 Å². The first-order chi connectivity index (χ1) is 6.56. The smallest absolute Gasteiger partial charge is 0.293 e. The number of hydrogen-bond acceptors (Lipinski definition) is 4. The lowest BCUT2D eigenvalue weighted by Gasteiger charge is -2.18. The van der Waals surface area contributed by atoms with Gasteiger partial charge in [-0.1, -0.05) is 13.8 Å². The fourth-order valence-corrected chi connectivity index (χ4v) is 0.892. The summed E-state index contributed by atoms with van der Waals surface area (Å²) in [5.74, 6) is 0. The Morgan fingerprint density at radius 2 is 1.93 bits per heavy atom. The average molecular weight is 203 g/mol. The summed E-state index contributed by atoms with van der Waals surface area (Å²) in [7, 11) is 0. The molecule has 4 nitrogen and oxygen atoms in total. The lowest BCUT2D eigenvalue weighted by molar-refractivity contribution is -0.137. The molecule has 0 saturated carbocycles. The van der Waals surface area contributed by atoms with E-state index in [4.69, 9.17) is 9.47 Å². The van der Waals surface area contributed by atoms with Gasteiger partial charge in [-0.05, 0) is 13.8 Å². The van der Waals surface area contributed by atoms with E-state index in [2.05, 4.69) is 5.32 Å². The van der Waals surface area contributed by atoms with E-state index in [0.29, 0.717) is 25.7 Å². The van der Waals surface area contributed by atoms with E-state index in [1.165, 1.54) is 0 Å². The summed E-state index contributed by atoms with van der Waals surface area (Å²) < 4.78 is 10.2. The Morgan fingerprint density at radius 3 is 2.36 bits per heavy atom. The predicted molar refractivity (Wildman–Crippen MR) is 55.2 cm³/mol. The Morgan fingerprint density at radius 1 is 1.29 bits per heavy atom. The van der Waals surface area contributed by atoms with Crippen LogP contribution in [0.1, 0.15) is 27.7 Å².